The van der Waals surface area contributed by atoms with Crippen molar-refractivity contribution in [1.29, 1.82) is 0 Å². The van der Waals surface area contributed by atoms with Crippen molar-refractivity contribution in [2.24, 2.45) is 11.8 Å². The van der Waals surface area contributed by atoms with Crippen molar-refractivity contribution in [2.45, 2.75) is 25.2 Å². The molecular weight excluding hydrogens is 374 g/mol. The zero-order valence-corrected chi connectivity index (χ0v) is 17.4. The van der Waals surface area contributed by atoms with Gasteiger partial charge in [-0.3, -0.25) is 4.79 Å². The van der Waals surface area contributed by atoms with Gasteiger partial charge < -0.3 is 10.2 Å². The van der Waals surface area contributed by atoms with Crippen LogP contribution in [-0.2, 0) is 10.0 Å². The zero-order chi connectivity index (χ0) is 19.5. The van der Waals surface area contributed by atoms with Crippen LogP contribution in [0.5, 0.6) is 0 Å². The van der Waals surface area contributed by atoms with E-state index in [4.69, 9.17) is 11.6 Å². The minimum absolute atomic E-state index is 0.112. The van der Waals surface area contributed by atoms with Crippen LogP contribution in [-0.4, -0.2) is 63.8 Å². The average molecular weight is 402 g/mol. The summed E-state index contributed by atoms with van der Waals surface area (Å²) in [6, 6.07) is 4.33. The number of nitrogens with zero attached hydrogens (tertiary/aromatic N) is 2. The molecule has 146 valence electrons. The van der Waals surface area contributed by atoms with Gasteiger partial charge in [-0.15, -0.1) is 0 Å². The first-order valence-electron chi connectivity index (χ1n) is 8.84. The lowest BCUT2D eigenvalue weighted by Crippen LogP contribution is -2.42. The summed E-state index contributed by atoms with van der Waals surface area (Å²) in [6.45, 7) is 6.26. The molecule has 0 saturated carbocycles. The summed E-state index contributed by atoms with van der Waals surface area (Å²) < 4.78 is 27.5. The Morgan fingerprint density at radius 3 is 2.46 bits per heavy atom. The van der Waals surface area contributed by atoms with Gasteiger partial charge >= 0.3 is 0 Å². The SMILES string of the molecule is C[C@@H]1C[C@H](C)CN(S(=O)(=O)c2ccc(Cl)c(C(=O)NCCN(C)C)c2)C1. The summed E-state index contributed by atoms with van der Waals surface area (Å²) in [7, 11) is 0.171. The van der Waals surface area contributed by atoms with E-state index in [1.165, 1.54) is 22.5 Å². The first kappa shape index (κ1) is 21.2. The highest BCUT2D eigenvalue weighted by atomic mass is 35.5. The number of hydrogen-bond donors (Lipinski definition) is 1. The molecule has 1 heterocycles. The quantitative estimate of drug-likeness (QED) is 0.794. The van der Waals surface area contributed by atoms with Crippen LogP contribution in [0.15, 0.2) is 23.1 Å². The molecule has 2 atom stereocenters. The Kier molecular flexibility index (Phi) is 7.07. The van der Waals surface area contributed by atoms with E-state index in [0.717, 1.165) is 6.42 Å². The molecule has 26 heavy (non-hydrogen) atoms. The van der Waals surface area contributed by atoms with Crippen LogP contribution in [0.2, 0.25) is 5.02 Å². The third-order valence-corrected chi connectivity index (χ3v) is 6.66. The summed E-state index contributed by atoms with van der Waals surface area (Å²) in [6.07, 6.45) is 1.02. The molecule has 0 aromatic heterocycles. The number of benzene rings is 1. The average Bonchev–Trinajstić information content (AvgIpc) is 2.53. The molecule has 1 aliphatic heterocycles. The highest BCUT2D eigenvalue weighted by molar-refractivity contribution is 7.89. The van der Waals surface area contributed by atoms with Crippen molar-refractivity contribution in [1.82, 2.24) is 14.5 Å². The third kappa shape index (κ3) is 5.19. The van der Waals surface area contributed by atoms with Crippen LogP contribution >= 0.6 is 11.6 Å². The number of nitrogens with one attached hydrogen (secondary N) is 1. The third-order valence-electron chi connectivity index (χ3n) is 4.50. The lowest BCUT2D eigenvalue weighted by atomic mass is 9.94. The maximum atomic E-state index is 13.0. The molecule has 1 saturated heterocycles. The maximum absolute atomic E-state index is 13.0. The number of sulfonamides is 1. The van der Waals surface area contributed by atoms with Crippen LogP contribution < -0.4 is 5.32 Å². The molecule has 0 radical (unpaired) electrons. The monoisotopic (exact) mass is 401 g/mol. The van der Waals surface area contributed by atoms with Gasteiger partial charge in [0.05, 0.1) is 15.5 Å². The van der Waals surface area contributed by atoms with Crippen LogP contribution in [0.25, 0.3) is 0 Å². The predicted octanol–water partition coefficient (Wildman–Crippen LogP) is 2.30. The lowest BCUT2D eigenvalue weighted by molar-refractivity contribution is 0.0951. The summed E-state index contributed by atoms with van der Waals surface area (Å²) in [5, 5.41) is 3.01. The van der Waals surface area contributed by atoms with E-state index >= 15 is 0 Å². The first-order chi connectivity index (χ1) is 12.1. The molecule has 1 aromatic rings. The Bertz CT molecular complexity index is 742. The van der Waals surface area contributed by atoms with Crippen LogP contribution in [0, 0.1) is 11.8 Å². The van der Waals surface area contributed by atoms with Gasteiger partial charge in [-0.1, -0.05) is 25.4 Å². The molecule has 0 bridgehead atoms. The zero-order valence-electron chi connectivity index (χ0n) is 15.8. The van der Waals surface area contributed by atoms with Crippen molar-refractivity contribution >= 4 is 27.5 Å². The first-order valence-corrected chi connectivity index (χ1v) is 10.7. The van der Waals surface area contributed by atoms with E-state index < -0.39 is 10.0 Å². The molecule has 8 heteroatoms. The minimum atomic E-state index is -3.65. The van der Waals surface area contributed by atoms with Crippen LogP contribution in [0.3, 0.4) is 0 Å². The van der Waals surface area contributed by atoms with E-state index in [2.05, 4.69) is 19.2 Å². The molecule has 1 amide bonds. The molecule has 1 aromatic carbocycles. The molecule has 2 rings (SSSR count). The summed E-state index contributed by atoms with van der Waals surface area (Å²) in [5.74, 6) is 0.263. The normalized spacial score (nSPS) is 21.8. The van der Waals surface area contributed by atoms with Gasteiger partial charge in [0.1, 0.15) is 0 Å². The fourth-order valence-corrected chi connectivity index (χ4v) is 5.19. The summed E-state index contributed by atoms with van der Waals surface area (Å²) in [4.78, 5) is 14.4. The maximum Gasteiger partial charge on any atom is 0.252 e. The summed E-state index contributed by atoms with van der Waals surface area (Å²) >= 11 is 6.14. The standard InChI is InChI=1S/C18H28ClN3O3S/c1-13-9-14(2)12-22(11-13)26(24,25)15-5-6-17(19)16(10-15)18(23)20-7-8-21(3)4/h5-6,10,13-14H,7-9,11-12H2,1-4H3,(H,20,23)/t13-,14+. The highest BCUT2D eigenvalue weighted by Gasteiger charge is 2.32. The van der Waals surface area contributed by atoms with E-state index in [1.807, 2.05) is 19.0 Å². The minimum Gasteiger partial charge on any atom is -0.351 e. The topological polar surface area (TPSA) is 69.7 Å². The number of carbonyl (C=O) groups excluding carboxylic acids is 1. The van der Waals surface area contributed by atoms with Gasteiger partial charge in [-0.25, -0.2) is 8.42 Å². The molecule has 6 nitrogen and oxygen atoms in total. The van der Waals surface area contributed by atoms with Crippen molar-refractivity contribution < 1.29 is 13.2 Å². The second-order valence-electron chi connectivity index (χ2n) is 7.47. The predicted molar refractivity (Wildman–Crippen MR) is 104 cm³/mol. The van der Waals surface area contributed by atoms with Crippen LogP contribution in [0.1, 0.15) is 30.6 Å². The van der Waals surface area contributed by atoms with Crippen molar-refractivity contribution in [3.05, 3.63) is 28.8 Å². The van der Waals surface area contributed by atoms with E-state index in [0.29, 0.717) is 38.0 Å². The molecule has 0 aliphatic carbocycles. The van der Waals surface area contributed by atoms with Crippen molar-refractivity contribution in [3.63, 3.8) is 0 Å². The fourth-order valence-electron chi connectivity index (χ4n) is 3.28. The van der Waals surface area contributed by atoms with E-state index in [1.54, 1.807) is 0 Å². The Morgan fingerprint density at radius 2 is 1.88 bits per heavy atom. The molecule has 1 N–H and O–H groups in total. The smallest absolute Gasteiger partial charge is 0.252 e. The second-order valence-corrected chi connectivity index (χ2v) is 9.81. The molecule has 0 spiro atoms. The van der Waals surface area contributed by atoms with Gasteiger partial charge in [0.25, 0.3) is 5.91 Å². The number of carbonyl (C=O) groups is 1. The fraction of sp³-hybridized carbons (Fsp3) is 0.611. The van der Waals surface area contributed by atoms with Crippen molar-refractivity contribution in [2.75, 3.05) is 40.3 Å². The van der Waals surface area contributed by atoms with Gasteiger partial charge in [0.2, 0.25) is 10.0 Å². The Hall–Kier alpha value is -1.15. The number of rotatable bonds is 6. The van der Waals surface area contributed by atoms with Gasteiger partial charge in [-0.05, 0) is 50.6 Å². The Morgan fingerprint density at radius 1 is 1.27 bits per heavy atom. The molecule has 1 fully saturated rings. The number of halogens is 1. The van der Waals surface area contributed by atoms with Gasteiger partial charge in [-0.2, -0.15) is 4.31 Å². The number of likely N-dealkylation sites (N-methyl/N-ethyl adjacent to an activating group) is 1. The Labute approximate surface area is 161 Å². The Balaban J connectivity index is 2.23. The number of amides is 1. The molecule has 0 unspecified atom stereocenters. The largest absolute Gasteiger partial charge is 0.351 e. The summed E-state index contributed by atoms with van der Waals surface area (Å²) in [5.41, 5.74) is 0.185. The lowest BCUT2D eigenvalue weighted by Gasteiger charge is -2.34. The van der Waals surface area contributed by atoms with Gasteiger partial charge in [0, 0.05) is 26.2 Å². The number of hydrogen-bond acceptors (Lipinski definition) is 4. The second kappa shape index (κ2) is 8.69. The highest BCUT2D eigenvalue weighted by Crippen LogP contribution is 2.28. The van der Waals surface area contributed by atoms with Gasteiger partial charge in [0.15, 0.2) is 0 Å². The molecule has 1 aliphatic rings. The number of piperidine rings is 1. The van der Waals surface area contributed by atoms with E-state index in [9.17, 15) is 13.2 Å². The van der Waals surface area contributed by atoms with Crippen LogP contribution in [0.4, 0.5) is 0 Å². The van der Waals surface area contributed by atoms with E-state index in [-0.39, 0.29) is 21.4 Å². The van der Waals surface area contributed by atoms with Crippen molar-refractivity contribution in [3.8, 4) is 0 Å². The molecular formula is C18H28ClN3O3S.